The van der Waals surface area contributed by atoms with Crippen LogP contribution in [0, 0.1) is 13.8 Å². The SMILES string of the molecule is CC[C@@H](C(=O)N1N=CC[C@]1(O)C(F)(F)F)n1nc(C)c(Br)c1C. The van der Waals surface area contributed by atoms with Gasteiger partial charge >= 0.3 is 6.18 Å². The van der Waals surface area contributed by atoms with Crippen molar-refractivity contribution in [3.05, 3.63) is 15.9 Å². The molecule has 0 saturated carbocycles. The number of amides is 1. The van der Waals surface area contributed by atoms with Crippen LogP contribution in [0.1, 0.15) is 37.2 Å². The first kappa shape index (κ1) is 17.9. The maximum Gasteiger partial charge on any atom is 0.438 e. The Balaban J connectivity index is 2.41. The van der Waals surface area contributed by atoms with E-state index in [1.165, 1.54) is 4.68 Å². The van der Waals surface area contributed by atoms with Crippen molar-refractivity contribution < 1.29 is 23.1 Å². The number of hydrogen-bond donors (Lipinski definition) is 1. The number of carbonyl (C=O) groups is 1. The van der Waals surface area contributed by atoms with Crippen LogP contribution in [-0.2, 0) is 4.79 Å². The number of hydrazone groups is 1. The second-order valence-electron chi connectivity index (χ2n) is 5.32. The highest BCUT2D eigenvalue weighted by molar-refractivity contribution is 9.10. The minimum atomic E-state index is -5.01. The van der Waals surface area contributed by atoms with Crippen molar-refractivity contribution in [2.45, 2.75) is 51.6 Å². The first-order valence-electron chi connectivity index (χ1n) is 6.91. The molecule has 1 N–H and O–H groups in total. The second-order valence-corrected chi connectivity index (χ2v) is 6.11. The number of aliphatic hydroxyl groups is 1. The number of nitrogens with zero attached hydrogens (tertiary/aromatic N) is 4. The summed E-state index contributed by atoms with van der Waals surface area (Å²) in [4.78, 5) is 12.6. The van der Waals surface area contributed by atoms with Crippen LogP contribution >= 0.6 is 15.9 Å². The molecule has 0 aliphatic carbocycles. The van der Waals surface area contributed by atoms with Crippen LogP contribution < -0.4 is 0 Å². The molecule has 0 radical (unpaired) electrons. The molecule has 2 atom stereocenters. The van der Waals surface area contributed by atoms with Crippen LogP contribution in [0.15, 0.2) is 9.57 Å². The Morgan fingerprint density at radius 2 is 2.13 bits per heavy atom. The second kappa shape index (κ2) is 5.90. The lowest BCUT2D eigenvalue weighted by Crippen LogP contribution is -2.57. The van der Waals surface area contributed by atoms with Gasteiger partial charge in [0, 0.05) is 12.6 Å². The first-order valence-corrected chi connectivity index (χ1v) is 7.70. The van der Waals surface area contributed by atoms with Gasteiger partial charge < -0.3 is 5.11 Å². The van der Waals surface area contributed by atoms with E-state index in [1.54, 1.807) is 20.8 Å². The quantitative estimate of drug-likeness (QED) is 0.853. The first-order chi connectivity index (χ1) is 10.5. The maximum atomic E-state index is 13.1. The minimum Gasteiger partial charge on any atom is -0.362 e. The summed E-state index contributed by atoms with van der Waals surface area (Å²) < 4.78 is 41.4. The van der Waals surface area contributed by atoms with Crippen molar-refractivity contribution in [1.82, 2.24) is 14.8 Å². The number of aromatic nitrogens is 2. The van der Waals surface area contributed by atoms with E-state index in [-0.39, 0.29) is 11.4 Å². The van der Waals surface area contributed by atoms with Gasteiger partial charge in [0.15, 0.2) is 0 Å². The third kappa shape index (κ3) is 2.78. The van der Waals surface area contributed by atoms with Gasteiger partial charge in [0.2, 0.25) is 0 Å². The van der Waals surface area contributed by atoms with Gasteiger partial charge in [-0.25, -0.2) is 0 Å². The van der Waals surface area contributed by atoms with Gasteiger partial charge in [-0.2, -0.15) is 28.4 Å². The molecule has 2 rings (SSSR count). The Morgan fingerprint density at radius 3 is 2.57 bits per heavy atom. The van der Waals surface area contributed by atoms with Crippen molar-refractivity contribution in [2.24, 2.45) is 5.10 Å². The summed E-state index contributed by atoms with van der Waals surface area (Å²) in [6, 6.07) is -0.996. The van der Waals surface area contributed by atoms with Gasteiger partial charge in [-0.15, -0.1) is 0 Å². The van der Waals surface area contributed by atoms with E-state index < -0.39 is 30.3 Å². The standard InChI is InChI=1S/C13H16BrF3N4O2/c1-4-9(20-8(3)10(14)7(2)19-20)11(22)21-12(23,5-6-18-21)13(15,16)17/h6,9,23H,4-5H2,1-3H3/t9-,12-/m0/s1. The molecule has 0 spiro atoms. The fourth-order valence-corrected chi connectivity index (χ4v) is 2.71. The molecule has 0 fully saturated rings. The summed E-state index contributed by atoms with van der Waals surface area (Å²) in [6.45, 7) is 5.06. The zero-order valence-electron chi connectivity index (χ0n) is 12.7. The Morgan fingerprint density at radius 1 is 1.52 bits per heavy atom. The highest BCUT2D eigenvalue weighted by Gasteiger charge is 2.62. The smallest absolute Gasteiger partial charge is 0.362 e. The monoisotopic (exact) mass is 396 g/mol. The molecular formula is C13H16BrF3N4O2. The van der Waals surface area contributed by atoms with Gasteiger partial charge in [0.05, 0.1) is 15.9 Å². The van der Waals surface area contributed by atoms with Crippen LogP contribution in [0.2, 0.25) is 0 Å². The number of halogens is 4. The number of hydrogen-bond acceptors (Lipinski definition) is 4. The molecular weight excluding hydrogens is 381 g/mol. The zero-order valence-corrected chi connectivity index (χ0v) is 14.3. The van der Waals surface area contributed by atoms with Crippen molar-refractivity contribution in [1.29, 1.82) is 0 Å². The van der Waals surface area contributed by atoms with Crippen LogP contribution in [-0.4, -0.2) is 43.9 Å². The molecule has 0 bridgehead atoms. The summed E-state index contributed by atoms with van der Waals surface area (Å²) in [6.07, 6.45) is -4.71. The molecule has 1 aliphatic heterocycles. The van der Waals surface area contributed by atoms with Gasteiger partial charge in [-0.05, 0) is 36.2 Å². The number of carbonyl (C=O) groups excluding carboxylic acids is 1. The van der Waals surface area contributed by atoms with E-state index >= 15 is 0 Å². The highest BCUT2D eigenvalue weighted by Crippen LogP contribution is 2.40. The van der Waals surface area contributed by atoms with Crippen molar-refractivity contribution in [3.63, 3.8) is 0 Å². The normalized spacial score (nSPS) is 22.7. The van der Waals surface area contributed by atoms with E-state index in [4.69, 9.17) is 0 Å². The molecule has 6 nitrogen and oxygen atoms in total. The van der Waals surface area contributed by atoms with Crippen molar-refractivity contribution >= 4 is 28.1 Å². The zero-order chi connectivity index (χ0) is 17.6. The summed E-state index contributed by atoms with van der Waals surface area (Å²) in [5.74, 6) is -0.959. The van der Waals surface area contributed by atoms with Gasteiger partial charge in [0.25, 0.3) is 11.6 Å². The summed E-state index contributed by atoms with van der Waals surface area (Å²) in [5.41, 5.74) is -2.09. The lowest BCUT2D eigenvalue weighted by atomic mass is 10.1. The Hall–Kier alpha value is -1.42. The van der Waals surface area contributed by atoms with E-state index in [9.17, 15) is 23.1 Å². The molecule has 128 valence electrons. The molecule has 0 unspecified atom stereocenters. The molecule has 0 aromatic carbocycles. The molecule has 0 saturated heterocycles. The largest absolute Gasteiger partial charge is 0.438 e. The van der Waals surface area contributed by atoms with Crippen LogP contribution in [0.25, 0.3) is 0 Å². The highest BCUT2D eigenvalue weighted by atomic mass is 79.9. The molecule has 10 heteroatoms. The molecule has 1 aromatic heterocycles. The van der Waals surface area contributed by atoms with E-state index in [0.29, 0.717) is 15.9 Å². The number of rotatable bonds is 3. The lowest BCUT2D eigenvalue weighted by Gasteiger charge is -2.34. The van der Waals surface area contributed by atoms with Crippen LogP contribution in [0.4, 0.5) is 13.2 Å². The van der Waals surface area contributed by atoms with Crippen molar-refractivity contribution in [3.8, 4) is 0 Å². The molecule has 2 heterocycles. The third-order valence-electron chi connectivity index (χ3n) is 3.79. The lowest BCUT2D eigenvalue weighted by molar-refractivity contribution is -0.303. The van der Waals surface area contributed by atoms with Gasteiger partial charge in [0.1, 0.15) is 6.04 Å². The van der Waals surface area contributed by atoms with Crippen LogP contribution in [0.5, 0.6) is 0 Å². The topological polar surface area (TPSA) is 70.7 Å². The fourth-order valence-electron chi connectivity index (χ4n) is 2.45. The average Bonchev–Trinajstić information content (AvgIpc) is 2.97. The molecule has 1 aromatic rings. The predicted octanol–water partition coefficient (Wildman–Crippen LogP) is 2.68. The third-order valence-corrected chi connectivity index (χ3v) is 4.94. The van der Waals surface area contributed by atoms with E-state index in [2.05, 4.69) is 26.1 Å². The maximum absolute atomic E-state index is 13.1. The minimum absolute atomic E-state index is 0.117. The van der Waals surface area contributed by atoms with Gasteiger partial charge in [-0.3, -0.25) is 9.48 Å². The Kier molecular flexibility index (Phi) is 4.60. The van der Waals surface area contributed by atoms with Crippen molar-refractivity contribution in [2.75, 3.05) is 0 Å². The molecule has 23 heavy (non-hydrogen) atoms. The fraction of sp³-hybridized carbons (Fsp3) is 0.615. The average molecular weight is 397 g/mol. The summed E-state index contributed by atoms with van der Waals surface area (Å²) in [7, 11) is 0. The Labute approximate surface area is 139 Å². The van der Waals surface area contributed by atoms with E-state index in [0.717, 1.165) is 6.21 Å². The number of alkyl halides is 3. The van der Waals surface area contributed by atoms with E-state index in [1.807, 2.05) is 0 Å². The summed E-state index contributed by atoms with van der Waals surface area (Å²) in [5, 5.41) is 17.6. The predicted molar refractivity (Wildman–Crippen MR) is 79.7 cm³/mol. The molecule has 1 amide bonds. The molecule has 1 aliphatic rings. The Bertz CT molecular complexity index is 658. The summed E-state index contributed by atoms with van der Waals surface area (Å²) >= 11 is 3.32. The van der Waals surface area contributed by atoms with Gasteiger partial charge in [-0.1, -0.05) is 6.92 Å². The number of aryl methyl sites for hydroxylation is 1. The van der Waals surface area contributed by atoms with Crippen LogP contribution in [0.3, 0.4) is 0 Å².